The van der Waals surface area contributed by atoms with E-state index in [0.717, 1.165) is 0 Å². The molecule has 2 aromatic carbocycles. The largest absolute Gasteiger partial charge is 0.497 e. The number of nitrogens with one attached hydrogen (secondary N) is 1. The van der Waals surface area contributed by atoms with Gasteiger partial charge in [0.05, 0.1) is 33.5 Å². The van der Waals surface area contributed by atoms with Crippen LogP contribution in [0.25, 0.3) is 10.8 Å². The van der Waals surface area contributed by atoms with Crippen LogP contribution in [0, 0.1) is 0 Å². The number of rotatable bonds is 11. The zero-order valence-corrected chi connectivity index (χ0v) is 20.2. The fourth-order valence-electron chi connectivity index (χ4n) is 3.59. The number of ether oxygens (including phenoxy) is 4. The molecule has 0 spiro atoms. The van der Waals surface area contributed by atoms with Crippen molar-refractivity contribution in [1.82, 2.24) is 10.3 Å². The van der Waals surface area contributed by atoms with Crippen molar-refractivity contribution in [3.8, 4) is 17.2 Å². The van der Waals surface area contributed by atoms with E-state index in [1.165, 1.54) is 27.5 Å². The Morgan fingerprint density at radius 3 is 2.31 bits per heavy atom. The fraction of sp³-hybridized carbons (Fsp3) is 0.308. The Morgan fingerprint density at radius 1 is 0.943 bits per heavy atom. The Balaban J connectivity index is 1.99. The minimum Gasteiger partial charge on any atom is -0.497 e. The number of amides is 1. The molecule has 0 fully saturated rings. The van der Waals surface area contributed by atoms with Crippen LogP contribution in [-0.4, -0.2) is 57.1 Å². The summed E-state index contributed by atoms with van der Waals surface area (Å²) in [6.45, 7) is 2.33. The Morgan fingerprint density at radius 2 is 1.66 bits per heavy atom. The van der Waals surface area contributed by atoms with Gasteiger partial charge in [-0.15, -0.1) is 0 Å². The molecule has 0 atom stereocenters. The molecule has 9 heteroatoms. The van der Waals surface area contributed by atoms with E-state index in [0.29, 0.717) is 46.6 Å². The molecule has 0 saturated carbocycles. The minimum absolute atomic E-state index is 0.160. The first-order valence-electron chi connectivity index (χ1n) is 11.1. The van der Waals surface area contributed by atoms with E-state index < -0.39 is 0 Å². The Bertz CT molecular complexity index is 1240. The molecule has 0 radical (unpaired) electrons. The first kappa shape index (κ1) is 25.5. The predicted octanol–water partition coefficient (Wildman–Crippen LogP) is 3.56. The van der Waals surface area contributed by atoms with Gasteiger partial charge in [0.1, 0.15) is 11.4 Å². The molecule has 1 heterocycles. The van der Waals surface area contributed by atoms with Crippen LogP contribution in [0.5, 0.6) is 17.2 Å². The molecular weight excluding hydrogens is 452 g/mol. The lowest BCUT2D eigenvalue weighted by Gasteiger charge is -2.14. The summed E-state index contributed by atoms with van der Waals surface area (Å²) < 4.78 is 21.0. The molecule has 184 valence electrons. The summed E-state index contributed by atoms with van der Waals surface area (Å²) in [4.78, 5) is 42.2. The fourth-order valence-corrected chi connectivity index (χ4v) is 3.59. The molecule has 0 aliphatic rings. The second kappa shape index (κ2) is 11.8. The minimum atomic E-state index is -0.390. The molecule has 1 N–H and O–H groups in total. The van der Waals surface area contributed by atoms with Gasteiger partial charge in [-0.1, -0.05) is 12.1 Å². The highest BCUT2D eigenvalue weighted by atomic mass is 16.5. The maximum absolute atomic E-state index is 13.4. The SMILES string of the molecule is CCOC(=O)CCCNC(=O)c1cnc(C(=O)c2cccc(OC)c2)c2cc(OC)c(OC)cc12. The van der Waals surface area contributed by atoms with E-state index in [2.05, 4.69) is 10.3 Å². The van der Waals surface area contributed by atoms with E-state index in [4.69, 9.17) is 18.9 Å². The lowest BCUT2D eigenvalue weighted by Crippen LogP contribution is -2.25. The third-order valence-electron chi connectivity index (χ3n) is 5.33. The molecule has 0 bridgehead atoms. The van der Waals surface area contributed by atoms with Gasteiger partial charge in [-0.2, -0.15) is 0 Å². The number of pyridine rings is 1. The zero-order chi connectivity index (χ0) is 25.4. The summed E-state index contributed by atoms with van der Waals surface area (Å²) in [5.41, 5.74) is 0.816. The molecule has 0 saturated heterocycles. The van der Waals surface area contributed by atoms with Crippen LogP contribution in [0.4, 0.5) is 0 Å². The van der Waals surface area contributed by atoms with Crippen molar-refractivity contribution < 1.29 is 33.3 Å². The zero-order valence-electron chi connectivity index (χ0n) is 20.2. The molecular formula is C26H28N2O7. The number of nitrogens with zero attached hydrogens (tertiary/aromatic N) is 1. The van der Waals surface area contributed by atoms with Crippen LogP contribution < -0.4 is 19.5 Å². The second-order valence-electron chi connectivity index (χ2n) is 7.50. The smallest absolute Gasteiger partial charge is 0.305 e. The number of ketones is 1. The van der Waals surface area contributed by atoms with Crippen molar-refractivity contribution in [3.63, 3.8) is 0 Å². The van der Waals surface area contributed by atoms with Gasteiger partial charge in [0, 0.05) is 35.5 Å². The average molecular weight is 481 g/mol. The topological polar surface area (TPSA) is 113 Å². The molecule has 35 heavy (non-hydrogen) atoms. The van der Waals surface area contributed by atoms with Gasteiger partial charge in [-0.05, 0) is 37.6 Å². The maximum atomic E-state index is 13.4. The molecule has 0 aliphatic heterocycles. The summed E-state index contributed by atoms with van der Waals surface area (Å²) in [7, 11) is 4.50. The molecule has 1 aromatic heterocycles. The van der Waals surface area contributed by atoms with Crippen molar-refractivity contribution in [2.45, 2.75) is 19.8 Å². The highest BCUT2D eigenvalue weighted by Gasteiger charge is 2.22. The normalized spacial score (nSPS) is 10.5. The first-order valence-corrected chi connectivity index (χ1v) is 11.1. The number of aromatic nitrogens is 1. The van der Waals surface area contributed by atoms with Crippen molar-refractivity contribution in [3.05, 3.63) is 59.4 Å². The highest BCUT2D eigenvalue weighted by Crippen LogP contribution is 2.35. The highest BCUT2D eigenvalue weighted by molar-refractivity contribution is 6.18. The van der Waals surface area contributed by atoms with Crippen LogP contribution in [0.15, 0.2) is 42.6 Å². The van der Waals surface area contributed by atoms with Gasteiger partial charge in [-0.25, -0.2) is 0 Å². The summed E-state index contributed by atoms with van der Waals surface area (Å²) >= 11 is 0. The van der Waals surface area contributed by atoms with Crippen molar-refractivity contribution in [1.29, 1.82) is 0 Å². The summed E-state index contributed by atoms with van der Waals surface area (Å²) in [5.74, 6) is 0.307. The van der Waals surface area contributed by atoms with Crippen LogP contribution in [0.2, 0.25) is 0 Å². The quantitative estimate of drug-likeness (QED) is 0.252. The molecule has 3 rings (SSSR count). The second-order valence-corrected chi connectivity index (χ2v) is 7.50. The van der Waals surface area contributed by atoms with Gasteiger partial charge < -0.3 is 24.3 Å². The molecule has 9 nitrogen and oxygen atoms in total. The van der Waals surface area contributed by atoms with E-state index in [9.17, 15) is 14.4 Å². The van der Waals surface area contributed by atoms with E-state index in [1.807, 2.05) is 0 Å². The van der Waals surface area contributed by atoms with E-state index >= 15 is 0 Å². The van der Waals surface area contributed by atoms with Gasteiger partial charge in [0.25, 0.3) is 5.91 Å². The first-order chi connectivity index (χ1) is 16.9. The van der Waals surface area contributed by atoms with Gasteiger partial charge in [0.15, 0.2) is 11.5 Å². The lowest BCUT2D eigenvalue weighted by atomic mass is 9.98. The van der Waals surface area contributed by atoms with Gasteiger partial charge in [0.2, 0.25) is 5.78 Å². The maximum Gasteiger partial charge on any atom is 0.305 e. The third kappa shape index (κ3) is 5.87. The molecule has 1 amide bonds. The van der Waals surface area contributed by atoms with Crippen LogP contribution in [-0.2, 0) is 9.53 Å². The number of hydrogen-bond acceptors (Lipinski definition) is 8. The summed E-state index contributed by atoms with van der Waals surface area (Å²) in [5, 5.41) is 3.71. The number of carbonyl (C=O) groups is 3. The monoisotopic (exact) mass is 480 g/mol. The van der Waals surface area contributed by atoms with Crippen LogP contribution in [0.3, 0.4) is 0 Å². The predicted molar refractivity (Wildman–Crippen MR) is 129 cm³/mol. The molecule has 0 aliphatic carbocycles. The average Bonchev–Trinajstić information content (AvgIpc) is 2.89. The number of hydrogen-bond donors (Lipinski definition) is 1. The Kier molecular flexibility index (Phi) is 8.61. The molecule has 3 aromatic rings. The Hall–Kier alpha value is -4.14. The van der Waals surface area contributed by atoms with Crippen LogP contribution >= 0.6 is 0 Å². The lowest BCUT2D eigenvalue weighted by molar-refractivity contribution is -0.143. The third-order valence-corrected chi connectivity index (χ3v) is 5.33. The number of esters is 1. The van der Waals surface area contributed by atoms with Gasteiger partial charge in [-0.3, -0.25) is 19.4 Å². The van der Waals surface area contributed by atoms with E-state index in [1.54, 1.807) is 43.3 Å². The standard InChI is InChI=1S/C26H28N2O7/c1-5-35-23(29)10-7-11-27-26(31)20-15-28-24(25(30)16-8-6-9-17(12-16)32-2)19-14-22(34-4)21(33-3)13-18(19)20/h6,8-9,12-15H,5,7,10-11H2,1-4H3,(H,27,31). The van der Waals surface area contributed by atoms with Crippen LogP contribution in [0.1, 0.15) is 46.2 Å². The van der Waals surface area contributed by atoms with Crippen molar-refractivity contribution >= 4 is 28.4 Å². The van der Waals surface area contributed by atoms with Crippen molar-refractivity contribution in [2.24, 2.45) is 0 Å². The van der Waals surface area contributed by atoms with E-state index in [-0.39, 0.29) is 41.9 Å². The summed E-state index contributed by atoms with van der Waals surface area (Å²) in [6, 6.07) is 10.0. The number of fused-ring (bicyclic) bond motifs is 1. The number of methoxy groups -OCH3 is 3. The Labute approximate surface area is 203 Å². The number of carbonyl (C=O) groups excluding carboxylic acids is 3. The van der Waals surface area contributed by atoms with Gasteiger partial charge >= 0.3 is 5.97 Å². The molecule has 0 unspecified atom stereocenters. The summed E-state index contributed by atoms with van der Waals surface area (Å²) in [6.07, 6.45) is 1.99. The number of benzene rings is 2. The van der Waals surface area contributed by atoms with Crippen molar-refractivity contribution in [2.75, 3.05) is 34.5 Å².